The molecule has 18 heavy (non-hydrogen) atoms. The Labute approximate surface area is 104 Å². The molecule has 2 amide bonds. The van der Waals surface area contributed by atoms with E-state index in [0.29, 0.717) is 13.1 Å². The SMILES string of the molecule is CC(CNC(=O)N1CCn2ccnc2C1)C(=O)O. The molecule has 0 saturated carbocycles. The second-order valence-corrected chi connectivity index (χ2v) is 4.38. The van der Waals surface area contributed by atoms with E-state index in [1.807, 2.05) is 10.8 Å². The molecule has 0 fully saturated rings. The van der Waals surface area contributed by atoms with Crippen LogP contribution < -0.4 is 5.32 Å². The van der Waals surface area contributed by atoms with Crippen molar-refractivity contribution in [3.8, 4) is 0 Å². The van der Waals surface area contributed by atoms with Crippen molar-refractivity contribution in [1.29, 1.82) is 0 Å². The second-order valence-electron chi connectivity index (χ2n) is 4.38. The molecule has 1 aliphatic heterocycles. The molecule has 1 atom stereocenters. The molecule has 1 aliphatic rings. The van der Waals surface area contributed by atoms with E-state index >= 15 is 0 Å². The number of aromatic nitrogens is 2. The number of rotatable bonds is 3. The summed E-state index contributed by atoms with van der Waals surface area (Å²) in [6, 6.07) is -0.239. The molecule has 1 unspecified atom stereocenters. The molecule has 1 aromatic rings. The number of nitrogens with zero attached hydrogens (tertiary/aromatic N) is 3. The lowest BCUT2D eigenvalue weighted by molar-refractivity contribution is -0.140. The van der Waals surface area contributed by atoms with Crippen LogP contribution in [0.1, 0.15) is 12.7 Å². The van der Waals surface area contributed by atoms with Gasteiger partial charge in [0.2, 0.25) is 0 Å². The van der Waals surface area contributed by atoms with Gasteiger partial charge in [0, 0.05) is 32.0 Å². The first kappa shape index (κ1) is 12.4. The van der Waals surface area contributed by atoms with Crippen molar-refractivity contribution in [2.75, 3.05) is 13.1 Å². The van der Waals surface area contributed by atoms with Crippen LogP contribution in [0.5, 0.6) is 0 Å². The van der Waals surface area contributed by atoms with Gasteiger partial charge in [0.1, 0.15) is 5.82 Å². The van der Waals surface area contributed by atoms with Crippen molar-refractivity contribution < 1.29 is 14.7 Å². The monoisotopic (exact) mass is 252 g/mol. The summed E-state index contributed by atoms with van der Waals surface area (Å²) in [5.74, 6) is -0.645. The third kappa shape index (κ3) is 2.61. The van der Waals surface area contributed by atoms with Crippen LogP contribution in [0.25, 0.3) is 0 Å². The van der Waals surface area contributed by atoms with Gasteiger partial charge in [-0.1, -0.05) is 6.92 Å². The summed E-state index contributed by atoms with van der Waals surface area (Å²) < 4.78 is 2.00. The quantitative estimate of drug-likeness (QED) is 0.800. The molecule has 0 aromatic carbocycles. The van der Waals surface area contributed by atoms with Gasteiger partial charge in [0.15, 0.2) is 0 Å². The number of fused-ring (bicyclic) bond motifs is 1. The van der Waals surface area contributed by atoms with Gasteiger partial charge in [-0.3, -0.25) is 4.79 Å². The Morgan fingerprint density at radius 1 is 1.56 bits per heavy atom. The molecular weight excluding hydrogens is 236 g/mol. The van der Waals surface area contributed by atoms with Gasteiger partial charge in [0.05, 0.1) is 12.5 Å². The zero-order valence-corrected chi connectivity index (χ0v) is 10.2. The van der Waals surface area contributed by atoms with Crippen LogP contribution in [0.3, 0.4) is 0 Å². The molecule has 0 saturated heterocycles. The lowest BCUT2D eigenvalue weighted by Crippen LogP contribution is -2.45. The Balaban J connectivity index is 1.86. The number of aliphatic carboxylic acids is 1. The third-order valence-electron chi connectivity index (χ3n) is 3.01. The van der Waals surface area contributed by atoms with E-state index in [0.717, 1.165) is 12.4 Å². The van der Waals surface area contributed by atoms with E-state index in [4.69, 9.17) is 5.11 Å². The Morgan fingerprint density at radius 2 is 2.33 bits per heavy atom. The van der Waals surface area contributed by atoms with Crippen molar-refractivity contribution in [3.05, 3.63) is 18.2 Å². The Morgan fingerprint density at radius 3 is 3.06 bits per heavy atom. The molecule has 0 radical (unpaired) electrons. The molecule has 0 spiro atoms. The number of nitrogens with one attached hydrogen (secondary N) is 1. The van der Waals surface area contributed by atoms with Crippen LogP contribution in [-0.4, -0.2) is 44.6 Å². The van der Waals surface area contributed by atoms with E-state index in [-0.39, 0.29) is 12.6 Å². The minimum Gasteiger partial charge on any atom is -0.481 e. The van der Waals surface area contributed by atoms with Gasteiger partial charge < -0.3 is 19.9 Å². The van der Waals surface area contributed by atoms with Crippen molar-refractivity contribution in [3.63, 3.8) is 0 Å². The van der Waals surface area contributed by atoms with Gasteiger partial charge in [-0.15, -0.1) is 0 Å². The van der Waals surface area contributed by atoms with Crippen molar-refractivity contribution in [2.24, 2.45) is 5.92 Å². The highest BCUT2D eigenvalue weighted by atomic mass is 16.4. The molecule has 7 heteroatoms. The average molecular weight is 252 g/mol. The third-order valence-corrected chi connectivity index (χ3v) is 3.01. The number of hydrogen-bond donors (Lipinski definition) is 2. The first-order valence-electron chi connectivity index (χ1n) is 5.83. The molecule has 2 heterocycles. The maximum Gasteiger partial charge on any atom is 0.317 e. The number of carboxylic acid groups (broad SMARTS) is 1. The van der Waals surface area contributed by atoms with E-state index in [1.165, 1.54) is 0 Å². The lowest BCUT2D eigenvalue weighted by atomic mass is 10.2. The van der Waals surface area contributed by atoms with E-state index in [2.05, 4.69) is 10.3 Å². The zero-order valence-electron chi connectivity index (χ0n) is 10.2. The van der Waals surface area contributed by atoms with Crippen LogP contribution in [-0.2, 0) is 17.9 Å². The van der Waals surface area contributed by atoms with Crippen molar-refractivity contribution in [2.45, 2.75) is 20.0 Å². The standard InChI is InChI=1S/C11H16N4O3/c1-8(10(16)17)6-13-11(18)15-5-4-14-3-2-12-9(14)7-15/h2-3,8H,4-7H2,1H3,(H,13,18)(H,16,17). The summed E-state index contributed by atoms with van der Waals surface area (Å²) in [7, 11) is 0. The first-order chi connectivity index (χ1) is 8.58. The van der Waals surface area contributed by atoms with Crippen molar-refractivity contribution in [1.82, 2.24) is 19.8 Å². The second kappa shape index (κ2) is 5.07. The Hall–Kier alpha value is -2.05. The predicted octanol–water partition coefficient (Wildman–Crippen LogP) is 0.129. The van der Waals surface area contributed by atoms with Gasteiger partial charge in [-0.2, -0.15) is 0 Å². The fourth-order valence-electron chi connectivity index (χ4n) is 1.79. The summed E-state index contributed by atoms with van der Waals surface area (Å²) >= 11 is 0. The van der Waals surface area contributed by atoms with Crippen LogP contribution in [0.15, 0.2) is 12.4 Å². The minimum absolute atomic E-state index is 0.138. The summed E-state index contributed by atoms with van der Waals surface area (Å²) in [5, 5.41) is 11.4. The largest absolute Gasteiger partial charge is 0.481 e. The average Bonchev–Trinajstić information content (AvgIpc) is 2.82. The molecule has 0 bridgehead atoms. The summed E-state index contributed by atoms with van der Waals surface area (Å²) in [5.41, 5.74) is 0. The molecule has 98 valence electrons. The molecule has 2 rings (SSSR count). The van der Waals surface area contributed by atoms with Crippen molar-refractivity contribution >= 4 is 12.0 Å². The van der Waals surface area contributed by atoms with E-state index in [9.17, 15) is 9.59 Å². The van der Waals surface area contributed by atoms with Gasteiger partial charge in [-0.25, -0.2) is 9.78 Å². The Bertz CT molecular complexity index is 457. The first-order valence-corrected chi connectivity index (χ1v) is 5.83. The lowest BCUT2D eigenvalue weighted by Gasteiger charge is -2.28. The molecule has 7 nitrogen and oxygen atoms in total. The zero-order chi connectivity index (χ0) is 13.1. The number of hydrogen-bond acceptors (Lipinski definition) is 3. The number of carbonyl (C=O) groups excluding carboxylic acids is 1. The number of amides is 2. The summed E-state index contributed by atoms with van der Waals surface area (Å²) in [4.78, 5) is 28.3. The molecule has 1 aromatic heterocycles. The van der Waals surface area contributed by atoms with Gasteiger partial charge in [-0.05, 0) is 0 Å². The fraction of sp³-hybridized carbons (Fsp3) is 0.545. The van der Waals surface area contributed by atoms with E-state index in [1.54, 1.807) is 18.0 Å². The van der Waals surface area contributed by atoms with Crippen LogP contribution >= 0.6 is 0 Å². The molecule has 2 N–H and O–H groups in total. The predicted molar refractivity (Wildman–Crippen MR) is 62.8 cm³/mol. The number of imidazole rings is 1. The molecular formula is C11H16N4O3. The van der Waals surface area contributed by atoms with Gasteiger partial charge >= 0.3 is 12.0 Å². The highest BCUT2D eigenvalue weighted by Crippen LogP contribution is 2.10. The Kier molecular flexibility index (Phi) is 3.50. The maximum atomic E-state index is 11.8. The maximum absolute atomic E-state index is 11.8. The number of urea groups is 1. The number of carbonyl (C=O) groups is 2. The topological polar surface area (TPSA) is 87.5 Å². The molecule has 0 aliphatic carbocycles. The van der Waals surface area contributed by atoms with Crippen LogP contribution in [0, 0.1) is 5.92 Å². The normalized spacial score (nSPS) is 15.9. The fourth-order valence-corrected chi connectivity index (χ4v) is 1.79. The highest BCUT2D eigenvalue weighted by Gasteiger charge is 2.21. The van der Waals surface area contributed by atoms with Crippen LogP contribution in [0.4, 0.5) is 4.79 Å². The van der Waals surface area contributed by atoms with E-state index < -0.39 is 11.9 Å². The number of carboxylic acids is 1. The summed E-state index contributed by atoms with van der Waals surface area (Å²) in [6.07, 6.45) is 3.60. The smallest absolute Gasteiger partial charge is 0.317 e. The minimum atomic E-state index is -0.913. The summed E-state index contributed by atoms with van der Waals surface area (Å²) in [6.45, 7) is 3.48. The van der Waals surface area contributed by atoms with Gasteiger partial charge in [0.25, 0.3) is 0 Å². The van der Waals surface area contributed by atoms with Crippen LogP contribution in [0.2, 0.25) is 0 Å². The highest BCUT2D eigenvalue weighted by molar-refractivity contribution is 5.75.